The Morgan fingerprint density at radius 2 is 2.35 bits per heavy atom. The summed E-state index contributed by atoms with van der Waals surface area (Å²) in [6.45, 7) is 5.34. The first kappa shape index (κ1) is 14.1. The van der Waals surface area contributed by atoms with E-state index in [0.29, 0.717) is 6.10 Å². The van der Waals surface area contributed by atoms with Crippen LogP contribution in [0.3, 0.4) is 0 Å². The Balaban J connectivity index is 1.74. The molecule has 0 amide bonds. The molecule has 0 aromatic carbocycles. The lowest BCUT2D eigenvalue weighted by atomic mass is 9.74. The topological polar surface area (TPSA) is 39.1 Å². The molecule has 112 valence electrons. The first-order chi connectivity index (χ1) is 9.73. The summed E-state index contributed by atoms with van der Waals surface area (Å²) in [7, 11) is 2.00. The summed E-state index contributed by atoms with van der Waals surface area (Å²) < 4.78 is 8.04. The number of rotatable bonds is 7. The van der Waals surface area contributed by atoms with Gasteiger partial charge in [0.05, 0.1) is 12.3 Å². The van der Waals surface area contributed by atoms with E-state index in [9.17, 15) is 0 Å². The van der Waals surface area contributed by atoms with Crippen molar-refractivity contribution in [2.45, 2.75) is 45.1 Å². The predicted octanol–water partition coefficient (Wildman–Crippen LogP) is 2.15. The van der Waals surface area contributed by atoms with Crippen LogP contribution in [0.5, 0.6) is 0 Å². The normalized spacial score (nSPS) is 30.0. The van der Waals surface area contributed by atoms with Crippen molar-refractivity contribution in [2.24, 2.45) is 18.4 Å². The van der Waals surface area contributed by atoms with Gasteiger partial charge in [-0.3, -0.25) is 4.68 Å². The van der Waals surface area contributed by atoms with Gasteiger partial charge in [0.2, 0.25) is 0 Å². The minimum absolute atomic E-state index is 0.277. The lowest BCUT2D eigenvalue weighted by Crippen LogP contribution is -2.43. The third kappa shape index (κ3) is 2.91. The van der Waals surface area contributed by atoms with E-state index in [0.717, 1.165) is 32.0 Å². The van der Waals surface area contributed by atoms with Crippen LogP contribution in [0, 0.1) is 11.3 Å². The van der Waals surface area contributed by atoms with Crippen LogP contribution < -0.4 is 5.32 Å². The van der Waals surface area contributed by atoms with Gasteiger partial charge >= 0.3 is 0 Å². The summed E-state index contributed by atoms with van der Waals surface area (Å²) >= 11 is 0. The third-order valence-corrected chi connectivity index (χ3v) is 4.77. The van der Waals surface area contributed by atoms with Crippen LogP contribution in [0.1, 0.15) is 38.2 Å². The Kier molecular flexibility index (Phi) is 4.13. The maximum atomic E-state index is 6.14. The summed E-state index contributed by atoms with van der Waals surface area (Å²) in [5.74, 6) is 0.803. The minimum Gasteiger partial charge on any atom is -0.377 e. The smallest absolute Gasteiger partial charge is 0.0675 e. The molecule has 0 bridgehead atoms. The zero-order chi connectivity index (χ0) is 14.0. The summed E-state index contributed by atoms with van der Waals surface area (Å²) in [6.07, 6.45) is 10.8. The van der Waals surface area contributed by atoms with Crippen LogP contribution >= 0.6 is 0 Å². The van der Waals surface area contributed by atoms with Gasteiger partial charge in [-0.2, -0.15) is 5.10 Å². The molecule has 1 aliphatic carbocycles. The molecule has 0 radical (unpaired) electrons. The number of hydrogen-bond acceptors (Lipinski definition) is 3. The molecule has 0 spiro atoms. The molecule has 2 aliphatic rings. The van der Waals surface area contributed by atoms with Crippen LogP contribution in [0.15, 0.2) is 12.4 Å². The lowest BCUT2D eigenvalue weighted by molar-refractivity contribution is 0.0307. The monoisotopic (exact) mass is 277 g/mol. The highest BCUT2D eigenvalue weighted by Crippen LogP contribution is 2.49. The SMILES string of the molecule is CCCNCC1(Cc2cnn(C)c2)CCOC1C1CC1. The van der Waals surface area contributed by atoms with E-state index < -0.39 is 0 Å². The second kappa shape index (κ2) is 5.86. The average molecular weight is 277 g/mol. The average Bonchev–Trinajstić information content (AvgIpc) is 3.07. The van der Waals surface area contributed by atoms with E-state index in [4.69, 9.17) is 4.74 Å². The summed E-state index contributed by atoms with van der Waals surface area (Å²) in [6, 6.07) is 0. The number of ether oxygens (including phenoxy) is 1. The highest BCUT2D eigenvalue weighted by molar-refractivity contribution is 5.12. The van der Waals surface area contributed by atoms with Crippen LogP contribution in [0.25, 0.3) is 0 Å². The van der Waals surface area contributed by atoms with Gasteiger partial charge in [0, 0.05) is 31.8 Å². The fourth-order valence-corrected chi connectivity index (χ4v) is 3.67. The molecule has 4 nitrogen and oxygen atoms in total. The fraction of sp³-hybridized carbons (Fsp3) is 0.812. The molecule has 1 saturated carbocycles. The molecule has 4 heteroatoms. The molecule has 1 aromatic heterocycles. The van der Waals surface area contributed by atoms with Crippen molar-refractivity contribution in [3.63, 3.8) is 0 Å². The molecule has 2 atom stereocenters. The second-order valence-electron chi connectivity index (χ2n) is 6.62. The first-order valence-corrected chi connectivity index (χ1v) is 8.03. The van der Waals surface area contributed by atoms with Crippen LogP contribution in [0.2, 0.25) is 0 Å². The molecule has 1 N–H and O–H groups in total. The fourth-order valence-electron chi connectivity index (χ4n) is 3.67. The molecular formula is C16H27N3O. The van der Waals surface area contributed by atoms with Gasteiger partial charge in [0.1, 0.15) is 0 Å². The van der Waals surface area contributed by atoms with Gasteiger partial charge in [-0.25, -0.2) is 0 Å². The van der Waals surface area contributed by atoms with Gasteiger partial charge in [-0.15, -0.1) is 0 Å². The quantitative estimate of drug-likeness (QED) is 0.776. The maximum absolute atomic E-state index is 6.14. The number of aromatic nitrogens is 2. The molecule has 2 heterocycles. The number of nitrogens with one attached hydrogen (secondary N) is 1. The van der Waals surface area contributed by atoms with Crippen molar-refractivity contribution in [2.75, 3.05) is 19.7 Å². The Hall–Kier alpha value is -0.870. The Bertz CT molecular complexity index is 441. The third-order valence-electron chi connectivity index (χ3n) is 4.77. The standard InChI is InChI=1S/C16H27N3O/c1-3-7-17-12-16(9-13-10-18-19(2)11-13)6-8-20-15(16)14-4-5-14/h10-11,14-15,17H,3-9,12H2,1-2H3. The highest BCUT2D eigenvalue weighted by atomic mass is 16.5. The molecule has 2 fully saturated rings. The predicted molar refractivity (Wildman–Crippen MR) is 79.6 cm³/mol. The van der Waals surface area contributed by atoms with Crippen molar-refractivity contribution in [3.05, 3.63) is 18.0 Å². The van der Waals surface area contributed by atoms with Crippen molar-refractivity contribution < 1.29 is 4.74 Å². The van der Waals surface area contributed by atoms with E-state index in [1.807, 2.05) is 17.9 Å². The Morgan fingerprint density at radius 1 is 1.50 bits per heavy atom. The summed E-state index contributed by atoms with van der Waals surface area (Å²) in [4.78, 5) is 0. The summed E-state index contributed by atoms with van der Waals surface area (Å²) in [5, 5.41) is 7.98. The van der Waals surface area contributed by atoms with E-state index in [1.54, 1.807) is 0 Å². The largest absolute Gasteiger partial charge is 0.377 e. The second-order valence-corrected chi connectivity index (χ2v) is 6.62. The first-order valence-electron chi connectivity index (χ1n) is 8.03. The van der Waals surface area contributed by atoms with Crippen molar-refractivity contribution in [1.29, 1.82) is 0 Å². The van der Waals surface area contributed by atoms with Crippen LogP contribution in [-0.4, -0.2) is 35.6 Å². The van der Waals surface area contributed by atoms with Crippen molar-refractivity contribution in [3.8, 4) is 0 Å². The Labute approximate surface area is 121 Å². The van der Waals surface area contributed by atoms with Gasteiger partial charge in [-0.1, -0.05) is 6.92 Å². The molecule has 1 saturated heterocycles. The highest BCUT2D eigenvalue weighted by Gasteiger charge is 2.50. The molecular weight excluding hydrogens is 250 g/mol. The van der Waals surface area contributed by atoms with Gasteiger partial charge in [0.15, 0.2) is 0 Å². The number of hydrogen-bond donors (Lipinski definition) is 1. The van der Waals surface area contributed by atoms with Crippen molar-refractivity contribution >= 4 is 0 Å². The zero-order valence-electron chi connectivity index (χ0n) is 12.8. The minimum atomic E-state index is 0.277. The summed E-state index contributed by atoms with van der Waals surface area (Å²) in [5.41, 5.74) is 1.63. The number of aryl methyl sites for hydroxylation is 1. The van der Waals surface area contributed by atoms with E-state index in [1.165, 1.54) is 31.2 Å². The van der Waals surface area contributed by atoms with Gasteiger partial charge in [0.25, 0.3) is 0 Å². The van der Waals surface area contributed by atoms with E-state index in [-0.39, 0.29) is 5.41 Å². The van der Waals surface area contributed by atoms with Crippen molar-refractivity contribution in [1.82, 2.24) is 15.1 Å². The molecule has 20 heavy (non-hydrogen) atoms. The molecule has 2 unspecified atom stereocenters. The zero-order valence-corrected chi connectivity index (χ0v) is 12.8. The van der Waals surface area contributed by atoms with Gasteiger partial charge in [-0.05, 0) is 50.1 Å². The van der Waals surface area contributed by atoms with Crippen LogP contribution in [0.4, 0.5) is 0 Å². The number of nitrogens with zero attached hydrogens (tertiary/aromatic N) is 2. The molecule has 1 aliphatic heterocycles. The maximum Gasteiger partial charge on any atom is 0.0675 e. The van der Waals surface area contributed by atoms with Crippen LogP contribution in [-0.2, 0) is 18.2 Å². The molecule has 1 aromatic rings. The van der Waals surface area contributed by atoms with E-state index in [2.05, 4.69) is 23.5 Å². The van der Waals surface area contributed by atoms with Gasteiger partial charge < -0.3 is 10.1 Å². The van der Waals surface area contributed by atoms with E-state index >= 15 is 0 Å². The lowest BCUT2D eigenvalue weighted by Gasteiger charge is -2.34. The molecule has 3 rings (SSSR count). The Morgan fingerprint density at radius 3 is 3.00 bits per heavy atom.